The Bertz CT molecular complexity index is 883. The molecule has 1 aromatic carbocycles. The van der Waals surface area contributed by atoms with Crippen molar-refractivity contribution < 1.29 is 4.79 Å². The molecule has 1 saturated carbocycles. The molecule has 1 fully saturated rings. The molecule has 4 rings (SSSR count). The van der Waals surface area contributed by atoms with Gasteiger partial charge in [0.05, 0.1) is 11.4 Å². The summed E-state index contributed by atoms with van der Waals surface area (Å²) in [4.78, 5) is 16.6. The molecule has 0 aliphatic heterocycles. The fourth-order valence-corrected chi connectivity index (χ4v) is 3.94. The molecular formula is C17H17N5OS2. The maximum absolute atomic E-state index is 12.2. The van der Waals surface area contributed by atoms with Crippen molar-refractivity contribution in [2.75, 3.05) is 11.1 Å². The minimum Gasteiger partial charge on any atom is -0.301 e. The third-order valence-electron chi connectivity index (χ3n) is 3.92. The van der Waals surface area contributed by atoms with Crippen LogP contribution in [0.1, 0.15) is 30.0 Å². The Morgan fingerprint density at radius 3 is 2.92 bits per heavy atom. The number of aromatic nitrogens is 4. The van der Waals surface area contributed by atoms with Gasteiger partial charge in [-0.1, -0.05) is 29.5 Å². The van der Waals surface area contributed by atoms with Gasteiger partial charge in [0.1, 0.15) is 6.33 Å². The van der Waals surface area contributed by atoms with Crippen LogP contribution in [-0.2, 0) is 4.79 Å². The predicted molar refractivity (Wildman–Crippen MR) is 99.5 cm³/mol. The summed E-state index contributed by atoms with van der Waals surface area (Å²) in [5, 5.41) is 14.3. The van der Waals surface area contributed by atoms with Crippen molar-refractivity contribution >= 4 is 34.1 Å². The van der Waals surface area contributed by atoms with Crippen LogP contribution in [-0.4, -0.2) is 31.4 Å². The summed E-state index contributed by atoms with van der Waals surface area (Å²) in [7, 11) is 0. The molecule has 0 radical (unpaired) electrons. The number of hydrogen-bond acceptors (Lipinski definition) is 6. The van der Waals surface area contributed by atoms with E-state index in [1.54, 1.807) is 6.33 Å². The van der Waals surface area contributed by atoms with E-state index in [1.165, 1.54) is 41.5 Å². The van der Waals surface area contributed by atoms with Crippen LogP contribution >= 0.6 is 23.1 Å². The van der Waals surface area contributed by atoms with E-state index in [-0.39, 0.29) is 11.7 Å². The monoisotopic (exact) mass is 371 g/mol. The smallest absolute Gasteiger partial charge is 0.236 e. The lowest BCUT2D eigenvalue weighted by Gasteiger charge is -2.06. The topological polar surface area (TPSA) is 72.7 Å². The molecule has 2 aromatic heterocycles. The number of carbonyl (C=O) groups is 1. The Morgan fingerprint density at radius 1 is 1.36 bits per heavy atom. The second kappa shape index (κ2) is 6.97. The number of aryl methyl sites for hydroxylation is 1. The fraction of sp³-hybridized carbons (Fsp3) is 0.294. The first kappa shape index (κ1) is 16.3. The molecule has 8 heteroatoms. The molecule has 0 unspecified atom stereocenters. The summed E-state index contributed by atoms with van der Waals surface area (Å²) in [6.45, 7) is 2.04. The van der Waals surface area contributed by atoms with Crippen LogP contribution in [0.2, 0.25) is 0 Å². The number of anilines is 1. The summed E-state index contributed by atoms with van der Waals surface area (Å²) >= 11 is 2.85. The van der Waals surface area contributed by atoms with E-state index in [0.717, 1.165) is 11.4 Å². The highest BCUT2D eigenvalue weighted by molar-refractivity contribution is 7.99. The summed E-state index contributed by atoms with van der Waals surface area (Å²) < 4.78 is 1.88. The lowest BCUT2D eigenvalue weighted by Crippen LogP contribution is -2.14. The minimum absolute atomic E-state index is 0.0832. The normalized spacial score (nSPS) is 13.8. The van der Waals surface area contributed by atoms with Crippen LogP contribution in [0.4, 0.5) is 5.13 Å². The van der Waals surface area contributed by atoms with Crippen molar-refractivity contribution in [1.82, 2.24) is 19.7 Å². The molecule has 1 amide bonds. The molecule has 1 N–H and O–H groups in total. The van der Waals surface area contributed by atoms with Gasteiger partial charge in [0, 0.05) is 17.0 Å². The predicted octanol–water partition coefficient (Wildman–Crippen LogP) is 3.64. The first-order chi connectivity index (χ1) is 12.2. The van der Waals surface area contributed by atoms with Crippen LogP contribution in [0, 0.1) is 6.92 Å². The fourth-order valence-electron chi connectivity index (χ4n) is 2.40. The molecule has 0 atom stereocenters. The van der Waals surface area contributed by atoms with Crippen molar-refractivity contribution in [3.63, 3.8) is 0 Å². The van der Waals surface area contributed by atoms with Gasteiger partial charge >= 0.3 is 0 Å². The standard InChI is InChI=1S/C17H17N5OS2/c1-11-2-6-13(7-3-11)22-10-18-21-17(22)25-9-15(23)20-16-19-14(8-24-16)12-4-5-12/h2-3,6-8,10,12H,4-5,9H2,1H3,(H,19,20,23). The SMILES string of the molecule is Cc1ccc(-n2cnnc2SCC(=O)Nc2nc(C3CC3)cs2)cc1. The number of thiazole rings is 1. The Morgan fingerprint density at radius 2 is 2.16 bits per heavy atom. The van der Waals surface area contributed by atoms with Crippen LogP contribution in [0.15, 0.2) is 41.1 Å². The molecule has 1 aliphatic carbocycles. The van der Waals surface area contributed by atoms with E-state index in [2.05, 4.69) is 20.5 Å². The lowest BCUT2D eigenvalue weighted by molar-refractivity contribution is -0.113. The molecule has 1 aliphatic rings. The van der Waals surface area contributed by atoms with Crippen LogP contribution in [0.3, 0.4) is 0 Å². The highest BCUT2D eigenvalue weighted by atomic mass is 32.2. The van der Waals surface area contributed by atoms with E-state index in [1.807, 2.05) is 41.1 Å². The van der Waals surface area contributed by atoms with Gasteiger partial charge in [0.15, 0.2) is 10.3 Å². The minimum atomic E-state index is -0.0832. The molecule has 2 heterocycles. The number of nitrogens with zero attached hydrogens (tertiary/aromatic N) is 4. The number of benzene rings is 1. The van der Waals surface area contributed by atoms with Crippen molar-refractivity contribution in [1.29, 1.82) is 0 Å². The van der Waals surface area contributed by atoms with Crippen LogP contribution in [0.5, 0.6) is 0 Å². The molecule has 0 saturated heterocycles. The van der Waals surface area contributed by atoms with Gasteiger partial charge in [-0.3, -0.25) is 9.36 Å². The Balaban J connectivity index is 1.37. The second-order valence-electron chi connectivity index (χ2n) is 6.01. The zero-order chi connectivity index (χ0) is 17.2. The van der Waals surface area contributed by atoms with Gasteiger partial charge in [0.2, 0.25) is 5.91 Å². The summed E-state index contributed by atoms with van der Waals surface area (Å²) in [5.74, 6) is 0.785. The van der Waals surface area contributed by atoms with E-state index in [4.69, 9.17) is 0 Å². The highest BCUT2D eigenvalue weighted by Gasteiger charge is 2.26. The average molecular weight is 371 g/mol. The first-order valence-electron chi connectivity index (χ1n) is 8.04. The van der Waals surface area contributed by atoms with Gasteiger partial charge in [0.25, 0.3) is 0 Å². The maximum atomic E-state index is 12.2. The third-order valence-corrected chi connectivity index (χ3v) is 5.64. The number of amides is 1. The van der Waals surface area contributed by atoms with E-state index in [0.29, 0.717) is 16.2 Å². The van der Waals surface area contributed by atoms with E-state index < -0.39 is 0 Å². The molecule has 0 bridgehead atoms. The van der Waals surface area contributed by atoms with Gasteiger partial charge < -0.3 is 5.32 Å². The number of thioether (sulfide) groups is 1. The first-order valence-corrected chi connectivity index (χ1v) is 9.91. The summed E-state index contributed by atoms with van der Waals surface area (Å²) in [6, 6.07) is 8.10. The average Bonchev–Trinajstić information content (AvgIpc) is 3.17. The van der Waals surface area contributed by atoms with Crippen molar-refractivity contribution in [2.24, 2.45) is 0 Å². The lowest BCUT2D eigenvalue weighted by atomic mass is 10.2. The number of rotatable bonds is 6. The summed E-state index contributed by atoms with van der Waals surface area (Å²) in [6.07, 6.45) is 4.08. The highest BCUT2D eigenvalue weighted by Crippen LogP contribution is 2.40. The Kier molecular flexibility index (Phi) is 4.54. The molecule has 0 spiro atoms. The third kappa shape index (κ3) is 3.91. The maximum Gasteiger partial charge on any atom is 0.236 e. The molecular weight excluding hydrogens is 354 g/mol. The zero-order valence-corrected chi connectivity index (χ0v) is 15.3. The van der Waals surface area contributed by atoms with Crippen molar-refractivity contribution in [3.05, 3.63) is 47.2 Å². The quantitative estimate of drug-likeness (QED) is 0.670. The van der Waals surface area contributed by atoms with Gasteiger partial charge in [-0.25, -0.2) is 4.98 Å². The van der Waals surface area contributed by atoms with Gasteiger partial charge in [-0.2, -0.15) is 0 Å². The second-order valence-corrected chi connectivity index (χ2v) is 7.81. The van der Waals surface area contributed by atoms with Crippen molar-refractivity contribution in [2.45, 2.75) is 30.8 Å². The van der Waals surface area contributed by atoms with E-state index in [9.17, 15) is 4.79 Å². The number of nitrogens with one attached hydrogen (secondary N) is 1. The van der Waals surface area contributed by atoms with Crippen LogP contribution in [0.25, 0.3) is 5.69 Å². The van der Waals surface area contributed by atoms with Gasteiger partial charge in [-0.15, -0.1) is 21.5 Å². The van der Waals surface area contributed by atoms with Crippen LogP contribution < -0.4 is 5.32 Å². The molecule has 128 valence electrons. The molecule has 25 heavy (non-hydrogen) atoms. The Labute approximate surface area is 153 Å². The zero-order valence-electron chi connectivity index (χ0n) is 13.7. The number of carbonyl (C=O) groups excluding carboxylic acids is 1. The summed E-state index contributed by atoms with van der Waals surface area (Å²) in [5.41, 5.74) is 3.28. The van der Waals surface area contributed by atoms with Gasteiger partial charge in [-0.05, 0) is 31.9 Å². The van der Waals surface area contributed by atoms with Crippen molar-refractivity contribution in [3.8, 4) is 5.69 Å². The molecule has 6 nitrogen and oxygen atoms in total. The van der Waals surface area contributed by atoms with E-state index >= 15 is 0 Å². The molecule has 3 aromatic rings. The largest absolute Gasteiger partial charge is 0.301 e. The Hall–Kier alpha value is -2.19. The number of hydrogen-bond donors (Lipinski definition) is 1.